The summed E-state index contributed by atoms with van der Waals surface area (Å²) in [5, 5.41) is 3.24. The number of hydrogen-bond acceptors (Lipinski definition) is 5. The maximum absolute atomic E-state index is 12.9. The third-order valence-electron chi connectivity index (χ3n) is 5.16. The molecule has 0 unspecified atom stereocenters. The molecule has 164 valence electrons. The van der Waals surface area contributed by atoms with Crippen LogP contribution >= 0.6 is 11.8 Å². The van der Waals surface area contributed by atoms with Crippen LogP contribution in [0.3, 0.4) is 0 Å². The second kappa shape index (κ2) is 8.92. The standard InChI is InChI=1S/C24H23N3O4S/c1-15(2)26-13-16(19-6-4-5-7-20(19)26)12-21-23(29)27(24(30)32-21)14-22(28)25-17-8-10-18(31-3)11-9-17/h4-13,15H,14H2,1-3H3,(H,25,28)/b21-12+. The Morgan fingerprint density at radius 3 is 2.53 bits per heavy atom. The minimum Gasteiger partial charge on any atom is -0.497 e. The van der Waals surface area contributed by atoms with Crippen LogP contribution in [0.15, 0.2) is 59.6 Å². The van der Waals surface area contributed by atoms with Gasteiger partial charge in [0.25, 0.3) is 11.1 Å². The van der Waals surface area contributed by atoms with Crippen LogP contribution in [0.25, 0.3) is 17.0 Å². The van der Waals surface area contributed by atoms with Crippen LogP contribution in [0, 0.1) is 0 Å². The molecule has 1 aliphatic rings. The van der Waals surface area contributed by atoms with Crippen LogP contribution in [0.2, 0.25) is 0 Å². The number of nitrogens with zero attached hydrogens (tertiary/aromatic N) is 2. The van der Waals surface area contributed by atoms with Crippen LogP contribution in [0.1, 0.15) is 25.5 Å². The smallest absolute Gasteiger partial charge is 0.294 e. The highest BCUT2D eigenvalue weighted by Gasteiger charge is 2.36. The molecule has 8 heteroatoms. The van der Waals surface area contributed by atoms with E-state index in [2.05, 4.69) is 23.7 Å². The molecule has 0 radical (unpaired) electrons. The number of para-hydroxylation sites is 1. The number of methoxy groups -OCH3 is 1. The molecule has 2 aromatic carbocycles. The van der Waals surface area contributed by atoms with Crippen LogP contribution < -0.4 is 10.1 Å². The molecule has 4 rings (SSSR count). The highest BCUT2D eigenvalue weighted by Crippen LogP contribution is 2.34. The summed E-state index contributed by atoms with van der Waals surface area (Å²) < 4.78 is 7.22. The number of ether oxygens (including phenoxy) is 1. The van der Waals surface area contributed by atoms with Gasteiger partial charge in [0.1, 0.15) is 12.3 Å². The van der Waals surface area contributed by atoms with Crippen LogP contribution in [0.4, 0.5) is 10.5 Å². The summed E-state index contributed by atoms with van der Waals surface area (Å²) in [6.07, 6.45) is 3.72. The molecular formula is C24H23N3O4S. The largest absolute Gasteiger partial charge is 0.497 e. The summed E-state index contributed by atoms with van der Waals surface area (Å²) >= 11 is 0.849. The van der Waals surface area contributed by atoms with Crippen molar-refractivity contribution in [2.45, 2.75) is 19.9 Å². The van der Waals surface area contributed by atoms with Crippen molar-refractivity contribution in [2.24, 2.45) is 0 Å². The third-order valence-corrected chi connectivity index (χ3v) is 6.07. The Bertz CT molecular complexity index is 1230. The first kappa shape index (κ1) is 21.7. The molecule has 0 bridgehead atoms. The van der Waals surface area contributed by atoms with Crippen molar-refractivity contribution in [3.8, 4) is 5.75 Å². The average Bonchev–Trinajstić information content (AvgIpc) is 3.27. The van der Waals surface area contributed by atoms with Gasteiger partial charge < -0.3 is 14.6 Å². The fourth-order valence-corrected chi connectivity index (χ4v) is 4.40. The van der Waals surface area contributed by atoms with E-state index in [4.69, 9.17) is 4.74 Å². The fourth-order valence-electron chi connectivity index (χ4n) is 3.57. The molecular weight excluding hydrogens is 426 g/mol. The predicted molar refractivity (Wildman–Crippen MR) is 127 cm³/mol. The lowest BCUT2D eigenvalue weighted by Gasteiger charge is -2.12. The summed E-state index contributed by atoms with van der Waals surface area (Å²) in [7, 11) is 1.56. The summed E-state index contributed by atoms with van der Waals surface area (Å²) in [5.74, 6) is -0.251. The quantitative estimate of drug-likeness (QED) is 0.541. The second-order valence-corrected chi connectivity index (χ2v) is 8.64. The van der Waals surface area contributed by atoms with E-state index in [1.165, 1.54) is 0 Å². The van der Waals surface area contributed by atoms with Gasteiger partial charge in [-0.15, -0.1) is 0 Å². The highest BCUT2D eigenvalue weighted by atomic mass is 32.2. The van der Waals surface area contributed by atoms with Gasteiger partial charge in [-0.05, 0) is 62.0 Å². The Kier molecular flexibility index (Phi) is 6.05. The molecule has 0 atom stereocenters. The number of carbonyl (C=O) groups excluding carboxylic acids is 3. The van der Waals surface area contributed by atoms with Gasteiger partial charge in [-0.25, -0.2) is 0 Å². The normalized spacial score (nSPS) is 15.2. The molecule has 1 aromatic heterocycles. The molecule has 3 amide bonds. The van der Waals surface area contributed by atoms with Crippen LogP contribution in [-0.4, -0.2) is 40.2 Å². The van der Waals surface area contributed by atoms with Gasteiger partial charge in [-0.1, -0.05) is 18.2 Å². The Hall–Kier alpha value is -3.52. The van der Waals surface area contributed by atoms with E-state index in [9.17, 15) is 14.4 Å². The van der Waals surface area contributed by atoms with Crippen molar-refractivity contribution in [1.82, 2.24) is 9.47 Å². The summed E-state index contributed by atoms with van der Waals surface area (Å²) in [5.41, 5.74) is 2.48. The monoisotopic (exact) mass is 449 g/mol. The Morgan fingerprint density at radius 1 is 1.12 bits per heavy atom. The maximum atomic E-state index is 12.9. The van der Waals surface area contributed by atoms with Gasteiger partial charge in [0.15, 0.2) is 0 Å². The molecule has 7 nitrogen and oxygen atoms in total. The molecule has 0 spiro atoms. The number of benzene rings is 2. The van der Waals surface area contributed by atoms with E-state index in [1.54, 1.807) is 37.5 Å². The minimum absolute atomic E-state index is 0.249. The van der Waals surface area contributed by atoms with Gasteiger partial charge in [-0.2, -0.15) is 0 Å². The van der Waals surface area contributed by atoms with Crippen molar-refractivity contribution in [3.05, 3.63) is 65.2 Å². The van der Waals surface area contributed by atoms with Crippen LogP contribution in [-0.2, 0) is 9.59 Å². The average molecular weight is 450 g/mol. The molecule has 1 saturated heterocycles. The molecule has 1 N–H and O–H groups in total. The number of nitrogens with one attached hydrogen (secondary N) is 1. The van der Waals surface area contributed by atoms with E-state index < -0.39 is 17.1 Å². The Labute approximate surface area is 190 Å². The number of aromatic nitrogens is 1. The molecule has 32 heavy (non-hydrogen) atoms. The number of imide groups is 1. The summed E-state index contributed by atoms with van der Waals surface area (Å²) in [4.78, 5) is 39.0. The number of fused-ring (bicyclic) bond motifs is 1. The minimum atomic E-state index is -0.466. The van der Waals surface area contributed by atoms with Crippen molar-refractivity contribution in [1.29, 1.82) is 0 Å². The van der Waals surface area contributed by atoms with Gasteiger partial charge in [-0.3, -0.25) is 19.3 Å². The number of rotatable bonds is 6. The number of anilines is 1. The molecule has 1 aliphatic heterocycles. The first-order valence-corrected chi connectivity index (χ1v) is 11.0. The third kappa shape index (κ3) is 4.27. The molecule has 0 saturated carbocycles. The second-order valence-electron chi connectivity index (χ2n) is 7.65. The van der Waals surface area contributed by atoms with Gasteiger partial charge >= 0.3 is 0 Å². The van der Waals surface area contributed by atoms with E-state index in [-0.39, 0.29) is 12.6 Å². The van der Waals surface area contributed by atoms with Gasteiger partial charge in [0, 0.05) is 34.4 Å². The lowest BCUT2D eigenvalue weighted by atomic mass is 10.1. The Balaban J connectivity index is 1.52. The number of hydrogen-bond donors (Lipinski definition) is 1. The number of carbonyl (C=O) groups is 3. The zero-order valence-electron chi connectivity index (χ0n) is 18.0. The van der Waals surface area contributed by atoms with Crippen molar-refractivity contribution < 1.29 is 19.1 Å². The zero-order chi connectivity index (χ0) is 22.8. The maximum Gasteiger partial charge on any atom is 0.294 e. The SMILES string of the molecule is COc1ccc(NC(=O)CN2C(=O)S/C(=C/c3cn(C(C)C)c4ccccc34)C2=O)cc1. The lowest BCUT2D eigenvalue weighted by molar-refractivity contribution is -0.127. The van der Waals surface area contributed by atoms with Crippen molar-refractivity contribution in [3.63, 3.8) is 0 Å². The summed E-state index contributed by atoms with van der Waals surface area (Å²) in [6, 6.07) is 15.0. The molecule has 3 aromatic rings. The first-order chi connectivity index (χ1) is 15.4. The van der Waals surface area contributed by atoms with Crippen LogP contribution in [0.5, 0.6) is 5.75 Å². The first-order valence-electron chi connectivity index (χ1n) is 10.2. The lowest BCUT2D eigenvalue weighted by Crippen LogP contribution is -2.36. The predicted octanol–water partition coefficient (Wildman–Crippen LogP) is 4.91. The van der Waals surface area contributed by atoms with Gasteiger partial charge in [0.05, 0.1) is 12.0 Å². The Morgan fingerprint density at radius 2 is 1.84 bits per heavy atom. The van der Waals surface area contributed by atoms with E-state index in [0.717, 1.165) is 33.1 Å². The van der Waals surface area contributed by atoms with Gasteiger partial charge in [0.2, 0.25) is 5.91 Å². The fraction of sp³-hybridized carbons (Fsp3) is 0.208. The van der Waals surface area contributed by atoms with E-state index >= 15 is 0 Å². The topological polar surface area (TPSA) is 80.6 Å². The summed E-state index contributed by atoms with van der Waals surface area (Å²) in [6.45, 7) is 3.83. The molecule has 2 heterocycles. The number of thioether (sulfide) groups is 1. The van der Waals surface area contributed by atoms with E-state index in [0.29, 0.717) is 16.3 Å². The van der Waals surface area contributed by atoms with Crippen molar-refractivity contribution >= 4 is 51.5 Å². The van der Waals surface area contributed by atoms with E-state index in [1.807, 2.05) is 30.5 Å². The number of amides is 3. The molecule has 1 fully saturated rings. The highest BCUT2D eigenvalue weighted by molar-refractivity contribution is 8.18. The molecule has 0 aliphatic carbocycles. The van der Waals surface area contributed by atoms with Crippen molar-refractivity contribution in [2.75, 3.05) is 19.0 Å². The zero-order valence-corrected chi connectivity index (χ0v) is 18.8.